The fourth-order valence-electron chi connectivity index (χ4n) is 3.40. The van der Waals surface area contributed by atoms with Crippen molar-refractivity contribution in [2.24, 2.45) is 0 Å². The Balaban J connectivity index is 2.01. The number of hydrogen-bond acceptors (Lipinski definition) is 3. The van der Waals surface area contributed by atoms with Crippen molar-refractivity contribution in [3.63, 3.8) is 0 Å². The van der Waals surface area contributed by atoms with Gasteiger partial charge in [-0.05, 0) is 50.8 Å². The summed E-state index contributed by atoms with van der Waals surface area (Å²) in [7, 11) is 0. The zero-order valence-electron chi connectivity index (χ0n) is 14.1. The standard InChI is InChI=1S/C18H19F3N2OS/c1-11-9-14(12(2)25-11)17(24)23(10-18(19,20)21)15-7-3-5-13-6-4-8-22-16(13)15/h4,6,8-9,15H,3,5,7,10H2,1-2H3. The number of thiophene rings is 1. The number of amides is 1. The third-order valence-electron chi connectivity index (χ3n) is 4.42. The van der Waals surface area contributed by atoms with E-state index in [1.165, 1.54) is 11.3 Å². The third-order valence-corrected chi connectivity index (χ3v) is 5.39. The molecule has 7 heteroatoms. The van der Waals surface area contributed by atoms with Crippen LogP contribution in [0.4, 0.5) is 13.2 Å². The molecular formula is C18H19F3N2OS. The Morgan fingerprint density at radius 2 is 2.16 bits per heavy atom. The van der Waals surface area contributed by atoms with Gasteiger partial charge in [0.15, 0.2) is 0 Å². The summed E-state index contributed by atoms with van der Waals surface area (Å²) in [6, 6.07) is 4.70. The molecule has 0 fully saturated rings. The van der Waals surface area contributed by atoms with E-state index in [0.717, 1.165) is 33.1 Å². The molecule has 2 aromatic rings. The van der Waals surface area contributed by atoms with Gasteiger partial charge in [-0.2, -0.15) is 13.2 Å². The first-order valence-corrected chi connectivity index (χ1v) is 8.96. The summed E-state index contributed by atoms with van der Waals surface area (Å²) in [6.45, 7) is 2.35. The van der Waals surface area contributed by atoms with Crippen LogP contribution >= 0.6 is 11.3 Å². The molecule has 0 bridgehead atoms. The lowest BCUT2D eigenvalue weighted by molar-refractivity contribution is -0.145. The molecule has 1 atom stereocenters. The number of fused-ring (bicyclic) bond motifs is 1. The van der Waals surface area contributed by atoms with Crippen LogP contribution in [0.5, 0.6) is 0 Å². The Morgan fingerprint density at radius 1 is 1.40 bits per heavy atom. The summed E-state index contributed by atoms with van der Waals surface area (Å²) in [5.74, 6) is -0.567. The van der Waals surface area contributed by atoms with Crippen molar-refractivity contribution < 1.29 is 18.0 Å². The topological polar surface area (TPSA) is 33.2 Å². The second-order valence-corrected chi connectivity index (χ2v) is 7.79. The first-order valence-electron chi connectivity index (χ1n) is 8.15. The molecule has 0 N–H and O–H groups in total. The van der Waals surface area contributed by atoms with Gasteiger partial charge in [0.25, 0.3) is 5.91 Å². The number of alkyl halides is 3. The lowest BCUT2D eigenvalue weighted by atomic mass is 9.90. The zero-order chi connectivity index (χ0) is 18.2. The number of nitrogens with zero attached hydrogens (tertiary/aromatic N) is 2. The fraction of sp³-hybridized carbons (Fsp3) is 0.444. The van der Waals surface area contributed by atoms with E-state index in [-0.39, 0.29) is 0 Å². The zero-order valence-corrected chi connectivity index (χ0v) is 14.9. The number of carbonyl (C=O) groups excluding carboxylic acids is 1. The Kier molecular flexibility index (Phi) is 4.86. The normalized spacial score (nSPS) is 17.2. The quantitative estimate of drug-likeness (QED) is 0.777. The van der Waals surface area contributed by atoms with Gasteiger partial charge in [0, 0.05) is 16.0 Å². The maximum absolute atomic E-state index is 13.2. The van der Waals surface area contributed by atoms with E-state index in [4.69, 9.17) is 0 Å². The number of pyridine rings is 1. The Morgan fingerprint density at radius 3 is 2.80 bits per heavy atom. The first kappa shape index (κ1) is 17.9. The highest BCUT2D eigenvalue weighted by atomic mass is 32.1. The van der Waals surface area contributed by atoms with Crippen LogP contribution in [-0.4, -0.2) is 28.5 Å². The number of rotatable bonds is 3. The summed E-state index contributed by atoms with van der Waals surface area (Å²) in [5, 5.41) is 0. The van der Waals surface area contributed by atoms with E-state index >= 15 is 0 Å². The highest BCUT2D eigenvalue weighted by Crippen LogP contribution is 2.36. The van der Waals surface area contributed by atoms with Crippen molar-refractivity contribution in [2.75, 3.05) is 6.54 Å². The van der Waals surface area contributed by atoms with Crippen LogP contribution in [0.25, 0.3) is 0 Å². The van der Waals surface area contributed by atoms with E-state index in [1.807, 2.05) is 13.0 Å². The van der Waals surface area contributed by atoms with Crippen LogP contribution in [0, 0.1) is 13.8 Å². The number of carbonyl (C=O) groups is 1. The molecule has 0 radical (unpaired) electrons. The predicted octanol–water partition coefficient (Wildman–Crippen LogP) is 4.84. The summed E-state index contributed by atoms with van der Waals surface area (Å²) in [4.78, 5) is 19.9. The minimum absolute atomic E-state index is 0.356. The molecule has 1 amide bonds. The minimum Gasteiger partial charge on any atom is -0.321 e. The van der Waals surface area contributed by atoms with E-state index in [9.17, 15) is 18.0 Å². The Bertz CT molecular complexity index is 785. The largest absolute Gasteiger partial charge is 0.406 e. The summed E-state index contributed by atoms with van der Waals surface area (Å²) in [6.07, 6.45) is -0.862. The molecule has 1 aliphatic rings. The summed E-state index contributed by atoms with van der Waals surface area (Å²) < 4.78 is 39.6. The van der Waals surface area contributed by atoms with Gasteiger partial charge in [-0.25, -0.2) is 0 Å². The summed E-state index contributed by atoms with van der Waals surface area (Å²) >= 11 is 1.42. The Hall–Kier alpha value is -1.89. The van der Waals surface area contributed by atoms with E-state index < -0.39 is 24.7 Å². The Labute approximate surface area is 148 Å². The molecule has 2 aromatic heterocycles. The lowest BCUT2D eigenvalue weighted by Gasteiger charge is -2.35. The van der Waals surface area contributed by atoms with E-state index in [1.54, 1.807) is 25.3 Å². The average molecular weight is 368 g/mol. The molecule has 25 heavy (non-hydrogen) atoms. The second kappa shape index (κ2) is 6.78. The fourth-order valence-corrected chi connectivity index (χ4v) is 4.32. The third kappa shape index (κ3) is 3.86. The van der Waals surface area contributed by atoms with Gasteiger partial charge in [-0.1, -0.05) is 6.07 Å². The SMILES string of the molecule is Cc1cc(C(=O)N(CC(F)(F)F)C2CCCc3cccnc32)c(C)s1. The van der Waals surface area contributed by atoms with Crippen LogP contribution in [0.2, 0.25) is 0 Å². The van der Waals surface area contributed by atoms with Crippen molar-refractivity contribution in [1.82, 2.24) is 9.88 Å². The minimum atomic E-state index is -4.46. The monoisotopic (exact) mass is 368 g/mol. The van der Waals surface area contributed by atoms with Crippen molar-refractivity contribution in [3.05, 3.63) is 51.0 Å². The molecule has 0 saturated carbocycles. The molecule has 1 aliphatic carbocycles. The number of hydrogen-bond donors (Lipinski definition) is 0. The number of aryl methyl sites for hydroxylation is 3. The lowest BCUT2D eigenvalue weighted by Crippen LogP contribution is -2.43. The van der Waals surface area contributed by atoms with Crippen molar-refractivity contribution in [3.8, 4) is 0 Å². The van der Waals surface area contributed by atoms with Gasteiger partial charge >= 0.3 is 6.18 Å². The molecule has 134 valence electrons. The smallest absolute Gasteiger partial charge is 0.321 e. The molecule has 2 heterocycles. The molecular weight excluding hydrogens is 349 g/mol. The van der Waals surface area contributed by atoms with Gasteiger partial charge in [-0.15, -0.1) is 11.3 Å². The number of aromatic nitrogens is 1. The maximum atomic E-state index is 13.2. The van der Waals surface area contributed by atoms with Gasteiger partial charge in [0.05, 0.1) is 17.3 Å². The molecule has 3 nitrogen and oxygen atoms in total. The maximum Gasteiger partial charge on any atom is 0.406 e. The average Bonchev–Trinajstić information content (AvgIpc) is 2.89. The van der Waals surface area contributed by atoms with Gasteiger partial charge in [0.1, 0.15) is 6.54 Å². The van der Waals surface area contributed by atoms with Gasteiger partial charge in [-0.3, -0.25) is 9.78 Å². The van der Waals surface area contributed by atoms with Crippen LogP contribution < -0.4 is 0 Å². The van der Waals surface area contributed by atoms with Crippen molar-refractivity contribution >= 4 is 17.2 Å². The second-order valence-electron chi connectivity index (χ2n) is 6.33. The van der Waals surface area contributed by atoms with Crippen LogP contribution in [-0.2, 0) is 6.42 Å². The van der Waals surface area contributed by atoms with Crippen LogP contribution in [0.3, 0.4) is 0 Å². The van der Waals surface area contributed by atoms with Crippen LogP contribution in [0.1, 0.15) is 50.3 Å². The van der Waals surface area contributed by atoms with Gasteiger partial charge in [0.2, 0.25) is 0 Å². The van der Waals surface area contributed by atoms with Crippen LogP contribution in [0.15, 0.2) is 24.4 Å². The predicted molar refractivity (Wildman–Crippen MR) is 90.8 cm³/mol. The highest BCUT2D eigenvalue weighted by Gasteiger charge is 2.39. The molecule has 1 unspecified atom stereocenters. The molecule has 0 aliphatic heterocycles. The molecule has 0 saturated heterocycles. The van der Waals surface area contributed by atoms with Crippen molar-refractivity contribution in [2.45, 2.75) is 45.3 Å². The number of halogens is 3. The van der Waals surface area contributed by atoms with E-state index in [2.05, 4.69) is 4.98 Å². The molecule has 0 aromatic carbocycles. The van der Waals surface area contributed by atoms with E-state index in [0.29, 0.717) is 17.7 Å². The molecule has 3 rings (SSSR count). The van der Waals surface area contributed by atoms with Crippen molar-refractivity contribution in [1.29, 1.82) is 0 Å². The first-order chi connectivity index (χ1) is 11.8. The highest BCUT2D eigenvalue weighted by molar-refractivity contribution is 7.12. The van der Waals surface area contributed by atoms with Gasteiger partial charge < -0.3 is 4.90 Å². The molecule has 0 spiro atoms. The summed E-state index contributed by atoms with van der Waals surface area (Å²) in [5.41, 5.74) is 1.88.